The Morgan fingerprint density at radius 1 is 1.39 bits per heavy atom. The smallest absolute Gasteiger partial charge is 0.410 e. The molecule has 1 saturated heterocycles. The number of carbonyl (C=O) groups excluding carboxylic acids is 1. The third-order valence-electron chi connectivity index (χ3n) is 6.32. The maximum atomic E-state index is 12.4. The number of fused-ring (bicyclic) bond motifs is 1. The van der Waals surface area contributed by atoms with E-state index in [1.165, 1.54) is 36.8 Å². The fourth-order valence-corrected chi connectivity index (χ4v) is 5.43. The van der Waals surface area contributed by atoms with Crippen LogP contribution >= 0.6 is 0 Å². The molecule has 1 amide bonds. The number of hydrogen-bond acceptors (Lipinski definition) is 3. The first-order valence-electron chi connectivity index (χ1n) is 8.91. The summed E-state index contributed by atoms with van der Waals surface area (Å²) in [6.07, 6.45) is 6.58. The van der Waals surface area contributed by atoms with Gasteiger partial charge in [-0.25, -0.2) is 4.79 Å². The second-order valence-electron chi connectivity index (χ2n) is 7.26. The van der Waals surface area contributed by atoms with Crippen LogP contribution in [0.2, 0.25) is 0 Å². The number of nitrogens with zero attached hydrogens (tertiary/aromatic N) is 1. The Balaban J connectivity index is 1.78. The highest BCUT2D eigenvalue weighted by Gasteiger charge is 2.55. The molecular formula is C19H25NO3. The van der Waals surface area contributed by atoms with Gasteiger partial charge in [-0.1, -0.05) is 18.9 Å². The van der Waals surface area contributed by atoms with Gasteiger partial charge in [-0.15, -0.1) is 0 Å². The van der Waals surface area contributed by atoms with Crippen LogP contribution in [0, 0.1) is 5.92 Å². The Bertz CT molecular complexity index is 629. The zero-order chi connectivity index (χ0) is 16.0. The average Bonchev–Trinajstić information content (AvgIpc) is 2.56. The Kier molecular flexibility index (Phi) is 3.51. The van der Waals surface area contributed by atoms with Gasteiger partial charge in [0.1, 0.15) is 5.75 Å². The second-order valence-corrected chi connectivity index (χ2v) is 7.26. The van der Waals surface area contributed by atoms with Crippen molar-refractivity contribution in [1.82, 2.24) is 4.90 Å². The number of likely N-dealkylation sites (tertiary alicyclic amines) is 1. The largest absolute Gasteiger partial charge is 0.508 e. The zero-order valence-electron chi connectivity index (χ0n) is 13.8. The summed E-state index contributed by atoms with van der Waals surface area (Å²) in [5.74, 6) is 0.873. The van der Waals surface area contributed by atoms with E-state index in [9.17, 15) is 9.90 Å². The van der Waals surface area contributed by atoms with Crippen LogP contribution in [-0.4, -0.2) is 35.3 Å². The van der Waals surface area contributed by atoms with Crippen LogP contribution in [0.1, 0.15) is 50.2 Å². The number of ether oxygens (including phenoxy) is 1. The lowest BCUT2D eigenvalue weighted by Gasteiger charge is -2.58. The number of rotatable bonds is 1. The van der Waals surface area contributed by atoms with Crippen LogP contribution in [0.15, 0.2) is 18.2 Å². The maximum Gasteiger partial charge on any atom is 0.410 e. The second kappa shape index (κ2) is 5.43. The van der Waals surface area contributed by atoms with Crippen molar-refractivity contribution in [2.45, 2.75) is 56.9 Å². The number of phenolic OH excluding ortho intramolecular Hbond substituents is 1. The minimum absolute atomic E-state index is 0.151. The lowest BCUT2D eigenvalue weighted by Crippen LogP contribution is -2.62. The van der Waals surface area contributed by atoms with Crippen molar-refractivity contribution in [2.75, 3.05) is 13.2 Å². The Morgan fingerprint density at radius 3 is 3.09 bits per heavy atom. The van der Waals surface area contributed by atoms with Crippen molar-refractivity contribution in [1.29, 1.82) is 0 Å². The molecule has 0 aromatic heterocycles. The van der Waals surface area contributed by atoms with Crippen molar-refractivity contribution in [3.8, 4) is 5.75 Å². The summed E-state index contributed by atoms with van der Waals surface area (Å²) in [5.41, 5.74) is 2.81. The highest BCUT2D eigenvalue weighted by molar-refractivity contribution is 5.69. The lowest BCUT2D eigenvalue weighted by atomic mass is 9.52. The van der Waals surface area contributed by atoms with Crippen LogP contribution in [-0.2, 0) is 16.6 Å². The highest BCUT2D eigenvalue weighted by atomic mass is 16.6. The quantitative estimate of drug-likeness (QED) is 0.861. The van der Waals surface area contributed by atoms with Crippen molar-refractivity contribution in [2.24, 2.45) is 5.92 Å². The standard InChI is InChI=1S/C19H25NO3/c1-2-23-18(22)20-10-9-19-8-4-3-5-15(19)17(20)11-13-6-7-14(21)12-16(13)19/h6-7,12,15,17,21H,2-5,8-11H2,1H3. The first-order valence-corrected chi connectivity index (χ1v) is 8.91. The third kappa shape index (κ3) is 2.14. The summed E-state index contributed by atoms with van der Waals surface area (Å²) in [4.78, 5) is 14.4. The highest BCUT2D eigenvalue weighted by Crippen LogP contribution is 2.56. The molecule has 1 saturated carbocycles. The minimum Gasteiger partial charge on any atom is -0.508 e. The summed E-state index contributed by atoms with van der Waals surface area (Å²) in [7, 11) is 0. The maximum absolute atomic E-state index is 12.4. The van der Waals surface area contributed by atoms with E-state index in [2.05, 4.69) is 6.07 Å². The summed E-state index contributed by atoms with van der Waals surface area (Å²) in [5, 5.41) is 10.00. The van der Waals surface area contributed by atoms with E-state index in [4.69, 9.17) is 4.74 Å². The molecule has 2 fully saturated rings. The van der Waals surface area contributed by atoms with Crippen LogP contribution in [0.3, 0.4) is 0 Å². The molecule has 4 heteroatoms. The summed E-state index contributed by atoms with van der Waals surface area (Å²) in [6, 6.07) is 6.08. The number of aromatic hydroxyl groups is 1. The monoisotopic (exact) mass is 315 g/mol. The van der Waals surface area contributed by atoms with Crippen molar-refractivity contribution in [3.63, 3.8) is 0 Å². The molecular weight excluding hydrogens is 290 g/mol. The molecule has 3 unspecified atom stereocenters. The SMILES string of the molecule is CCOC(=O)N1CCC23CCCCC2C1Cc1ccc(O)cc13. The van der Waals surface area contributed by atoms with Gasteiger partial charge in [-0.05, 0) is 61.8 Å². The molecule has 0 spiro atoms. The molecule has 3 atom stereocenters. The number of hydrogen-bond donors (Lipinski definition) is 1. The molecule has 1 N–H and O–H groups in total. The van der Waals surface area contributed by atoms with E-state index in [1.54, 1.807) is 6.07 Å². The molecule has 2 aliphatic carbocycles. The fourth-order valence-electron chi connectivity index (χ4n) is 5.43. The van der Waals surface area contributed by atoms with Crippen LogP contribution in [0.25, 0.3) is 0 Å². The van der Waals surface area contributed by atoms with Crippen LogP contribution in [0.4, 0.5) is 4.79 Å². The predicted molar refractivity (Wildman–Crippen MR) is 87.6 cm³/mol. The topological polar surface area (TPSA) is 49.8 Å². The summed E-state index contributed by atoms with van der Waals surface area (Å²) in [6.45, 7) is 3.07. The van der Waals surface area contributed by atoms with Gasteiger partial charge >= 0.3 is 6.09 Å². The molecule has 1 heterocycles. The Labute approximate surface area is 137 Å². The summed E-state index contributed by atoms with van der Waals surface area (Å²) >= 11 is 0. The average molecular weight is 315 g/mol. The minimum atomic E-state index is -0.154. The first-order chi connectivity index (χ1) is 11.2. The van der Waals surface area contributed by atoms with Gasteiger partial charge in [0, 0.05) is 18.0 Å². The number of carbonyl (C=O) groups is 1. The molecule has 2 bridgehead atoms. The molecule has 1 aromatic carbocycles. The van der Waals surface area contributed by atoms with Gasteiger partial charge in [0.2, 0.25) is 0 Å². The van der Waals surface area contributed by atoms with Gasteiger partial charge < -0.3 is 14.7 Å². The molecule has 124 valence electrons. The van der Waals surface area contributed by atoms with Gasteiger partial charge in [-0.3, -0.25) is 0 Å². The predicted octanol–water partition coefficient (Wildman–Crippen LogP) is 3.61. The number of amides is 1. The first kappa shape index (κ1) is 14.9. The van der Waals surface area contributed by atoms with Crippen molar-refractivity contribution >= 4 is 6.09 Å². The van der Waals surface area contributed by atoms with E-state index >= 15 is 0 Å². The third-order valence-corrected chi connectivity index (χ3v) is 6.32. The van der Waals surface area contributed by atoms with Gasteiger partial charge in [0.15, 0.2) is 0 Å². The molecule has 23 heavy (non-hydrogen) atoms. The van der Waals surface area contributed by atoms with Gasteiger partial charge in [0.05, 0.1) is 6.61 Å². The van der Waals surface area contributed by atoms with Crippen molar-refractivity contribution < 1.29 is 14.6 Å². The van der Waals surface area contributed by atoms with Gasteiger partial charge in [0.25, 0.3) is 0 Å². The van der Waals surface area contributed by atoms with E-state index < -0.39 is 0 Å². The molecule has 0 radical (unpaired) electrons. The Morgan fingerprint density at radius 2 is 2.26 bits per heavy atom. The normalized spacial score (nSPS) is 32.0. The van der Waals surface area contributed by atoms with Crippen molar-refractivity contribution in [3.05, 3.63) is 29.3 Å². The fraction of sp³-hybridized carbons (Fsp3) is 0.632. The zero-order valence-corrected chi connectivity index (χ0v) is 13.8. The van der Waals surface area contributed by atoms with Crippen LogP contribution < -0.4 is 0 Å². The lowest BCUT2D eigenvalue weighted by molar-refractivity contribution is -0.0110. The number of piperidine rings is 1. The van der Waals surface area contributed by atoms with E-state index in [-0.39, 0.29) is 17.6 Å². The van der Waals surface area contributed by atoms with E-state index in [0.29, 0.717) is 18.3 Å². The molecule has 1 aromatic rings. The molecule has 4 nitrogen and oxygen atoms in total. The number of phenols is 1. The summed E-state index contributed by atoms with van der Waals surface area (Å²) < 4.78 is 5.30. The van der Waals surface area contributed by atoms with E-state index in [0.717, 1.165) is 19.4 Å². The van der Waals surface area contributed by atoms with Gasteiger partial charge in [-0.2, -0.15) is 0 Å². The van der Waals surface area contributed by atoms with Crippen LogP contribution in [0.5, 0.6) is 5.75 Å². The molecule has 3 aliphatic rings. The number of benzene rings is 1. The molecule has 4 rings (SSSR count). The molecule has 1 aliphatic heterocycles. The van der Waals surface area contributed by atoms with E-state index in [1.807, 2.05) is 17.9 Å². The Hall–Kier alpha value is -1.71.